The molecule has 14 heteroatoms. The van der Waals surface area contributed by atoms with Gasteiger partial charge in [0.25, 0.3) is 5.91 Å². The summed E-state index contributed by atoms with van der Waals surface area (Å²) in [5.74, 6) is -1.66. The molecule has 13 nitrogen and oxygen atoms in total. The Morgan fingerprint density at radius 3 is 1.66 bits per heavy atom. The van der Waals surface area contributed by atoms with Crippen molar-refractivity contribution in [1.82, 2.24) is 26.7 Å². The topological polar surface area (TPSA) is 210 Å². The van der Waals surface area contributed by atoms with Gasteiger partial charge in [0, 0.05) is 7.05 Å². The SMILES string of the molecule is CCCC(N)C(=NNC(=O)NC)C(=O)NCC(=O)N[C@H](C(C)=O)c1ccccc1.Cc1ccc(C(NC(=O)[C@@H](N)c2ccccc2)c2ccc(C)cc2)cc1.P. The van der Waals surface area contributed by atoms with Crippen molar-refractivity contribution in [1.29, 1.82) is 0 Å². The van der Waals surface area contributed by atoms with Crippen LogP contribution < -0.4 is 38.2 Å². The molecule has 5 amide bonds. The van der Waals surface area contributed by atoms with Crippen molar-refractivity contribution in [2.24, 2.45) is 16.6 Å². The van der Waals surface area contributed by atoms with Gasteiger partial charge in [0.15, 0.2) is 5.78 Å². The fraction of sp³-hybridized carbons (Fsp3) is 0.286. The number of carbonyl (C=O) groups is 5. The Morgan fingerprint density at radius 2 is 1.20 bits per heavy atom. The molecule has 0 aliphatic carbocycles. The zero-order valence-corrected chi connectivity index (χ0v) is 34.1. The third-order valence-corrected chi connectivity index (χ3v) is 8.49. The molecule has 0 radical (unpaired) electrons. The number of carbonyl (C=O) groups excluding carboxylic acids is 5. The van der Waals surface area contributed by atoms with Crippen molar-refractivity contribution < 1.29 is 24.0 Å². The van der Waals surface area contributed by atoms with Crippen LogP contribution in [0.25, 0.3) is 0 Å². The van der Waals surface area contributed by atoms with E-state index in [1.165, 1.54) is 25.1 Å². The molecule has 4 aromatic rings. The number of Topliss-reactive ketones (excluding diaryl/α,β-unsaturated/α-hetero) is 1. The first kappa shape index (κ1) is 46.4. The molecule has 4 rings (SSSR count). The highest BCUT2D eigenvalue weighted by Gasteiger charge is 2.24. The molecular formula is C42H55N8O5P. The van der Waals surface area contributed by atoms with Gasteiger partial charge in [-0.15, -0.1) is 0 Å². The first-order valence-electron chi connectivity index (χ1n) is 18.0. The van der Waals surface area contributed by atoms with Crippen LogP contribution in [0.1, 0.15) is 78.2 Å². The molecule has 0 bridgehead atoms. The van der Waals surface area contributed by atoms with Crippen LogP contribution in [0, 0.1) is 13.8 Å². The number of nitrogens with one attached hydrogen (secondary N) is 5. The number of aryl methyl sites for hydroxylation is 2. The van der Waals surface area contributed by atoms with Crippen LogP contribution in [0.2, 0.25) is 0 Å². The van der Waals surface area contributed by atoms with E-state index in [0.717, 1.165) is 16.7 Å². The Bertz CT molecular complexity index is 1850. The maximum atomic E-state index is 12.8. The van der Waals surface area contributed by atoms with E-state index in [2.05, 4.69) is 69.9 Å². The molecule has 2 unspecified atom stereocenters. The lowest BCUT2D eigenvalue weighted by atomic mass is 9.96. The molecule has 0 aliphatic rings. The molecule has 0 fully saturated rings. The quantitative estimate of drug-likeness (QED) is 0.0530. The summed E-state index contributed by atoms with van der Waals surface area (Å²) in [4.78, 5) is 60.6. The number of amides is 5. The second-order valence-electron chi connectivity index (χ2n) is 12.9. The van der Waals surface area contributed by atoms with Gasteiger partial charge in [-0.25, -0.2) is 10.2 Å². The Kier molecular flexibility index (Phi) is 19.8. The van der Waals surface area contributed by atoms with Crippen LogP contribution in [0.5, 0.6) is 0 Å². The second-order valence-corrected chi connectivity index (χ2v) is 12.9. The first-order chi connectivity index (χ1) is 26.3. The summed E-state index contributed by atoms with van der Waals surface area (Å²) in [5.41, 5.74) is 20.1. The summed E-state index contributed by atoms with van der Waals surface area (Å²) in [6.07, 6.45) is 1.17. The number of rotatable bonds is 15. The number of urea groups is 1. The van der Waals surface area contributed by atoms with E-state index in [-0.39, 0.29) is 39.9 Å². The van der Waals surface area contributed by atoms with Gasteiger partial charge in [-0.05, 0) is 49.4 Å². The average molecular weight is 783 g/mol. The number of hydrazone groups is 1. The van der Waals surface area contributed by atoms with Crippen LogP contribution in [0.3, 0.4) is 0 Å². The summed E-state index contributed by atoms with van der Waals surface area (Å²) < 4.78 is 0. The highest BCUT2D eigenvalue weighted by Crippen LogP contribution is 2.24. The molecule has 0 aliphatic heterocycles. The van der Waals surface area contributed by atoms with Gasteiger partial charge in [0.2, 0.25) is 11.8 Å². The van der Waals surface area contributed by atoms with E-state index < -0.39 is 36.0 Å². The molecule has 9 N–H and O–H groups in total. The molecule has 0 heterocycles. The van der Waals surface area contributed by atoms with Gasteiger partial charge in [0.1, 0.15) is 17.8 Å². The minimum absolute atomic E-state index is 0. The number of hydrogen-bond acceptors (Lipinski definition) is 8. The van der Waals surface area contributed by atoms with E-state index in [0.29, 0.717) is 18.4 Å². The maximum Gasteiger partial charge on any atom is 0.334 e. The van der Waals surface area contributed by atoms with E-state index in [9.17, 15) is 24.0 Å². The van der Waals surface area contributed by atoms with Gasteiger partial charge < -0.3 is 32.7 Å². The maximum absolute atomic E-state index is 12.8. The third kappa shape index (κ3) is 14.8. The normalized spacial score (nSPS) is 12.3. The van der Waals surface area contributed by atoms with Crippen LogP contribution >= 0.6 is 9.90 Å². The Morgan fingerprint density at radius 1 is 0.696 bits per heavy atom. The molecule has 4 aromatic carbocycles. The molecule has 0 aromatic heterocycles. The molecule has 0 saturated carbocycles. The molecule has 298 valence electrons. The fourth-order valence-electron chi connectivity index (χ4n) is 5.37. The average Bonchev–Trinajstić information content (AvgIpc) is 3.19. The fourth-order valence-corrected chi connectivity index (χ4v) is 5.37. The molecule has 4 atom stereocenters. The van der Waals surface area contributed by atoms with Crippen molar-refractivity contribution in [3.8, 4) is 0 Å². The van der Waals surface area contributed by atoms with Gasteiger partial charge in [-0.1, -0.05) is 134 Å². The lowest BCUT2D eigenvalue weighted by Gasteiger charge is -2.22. The second kappa shape index (κ2) is 23.9. The van der Waals surface area contributed by atoms with Crippen LogP contribution in [0.15, 0.2) is 114 Å². The lowest BCUT2D eigenvalue weighted by molar-refractivity contribution is -0.127. The molecule has 0 saturated heterocycles. The van der Waals surface area contributed by atoms with E-state index in [1.54, 1.807) is 30.3 Å². The predicted octanol–water partition coefficient (Wildman–Crippen LogP) is 4.23. The minimum Gasteiger partial charge on any atom is -0.344 e. The molecule has 56 heavy (non-hydrogen) atoms. The summed E-state index contributed by atoms with van der Waals surface area (Å²) >= 11 is 0. The number of nitrogens with two attached hydrogens (primary N) is 2. The smallest absolute Gasteiger partial charge is 0.334 e. The largest absolute Gasteiger partial charge is 0.344 e. The van der Waals surface area contributed by atoms with E-state index in [4.69, 9.17) is 11.5 Å². The van der Waals surface area contributed by atoms with E-state index in [1.807, 2.05) is 61.5 Å². The predicted molar refractivity (Wildman–Crippen MR) is 226 cm³/mol. The third-order valence-electron chi connectivity index (χ3n) is 8.49. The van der Waals surface area contributed by atoms with Crippen molar-refractivity contribution in [2.45, 2.75) is 64.7 Å². The highest BCUT2D eigenvalue weighted by atomic mass is 31.0. The number of hydrogen-bond donors (Lipinski definition) is 7. The summed E-state index contributed by atoms with van der Waals surface area (Å²) in [6, 6.07) is 31.6. The Labute approximate surface area is 332 Å². The monoisotopic (exact) mass is 782 g/mol. The van der Waals surface area contributed by atoms with Crippen LogP contribution in [-0.4, -0.2) is 54.9 Å². The summed E-state index contributed by atoms with van der Waals surface area (Å²) in [7, 11) is 1.40. The van der Waals surface area contributed by atoms with Gasteiger partial charge in [0.05, 0.1) is 18.6 Å². The van der Waals surface area contributed by atoms with E-state index >= 15 is 0 Å². The van der Waals surface area contributed by atoms with Crippen LogP contribution in [0.4, 0.5) is 4.79 Å². The van der Waals surface area contributed by atoms with Gasteiger partial charge in [-0.2, -0.15) is 15.0 Å². The zero-order chi connectivity index (χ0) is 40.3. The number of benzene rings is 4. The standard InChI is InChI=1S/C23H24N2O.C19H28N6O4.H3P/c1-16-8-12-19(13-9-16)22(20-14-10-17(2)11-15-20)25-23(26)21(24)18-6-4-3-5-7-18;1-4-8-14(20)17(24-25-19(29)21-3)18(28)22-11-15(27)23-16(12(2)26)13-9-6-5-7-10-13;/h3-15,21-22H,24H2,1-2H3,(H,25,26);5-7,9-10,14,16H,4,8,11,20H2,1-3H3,(H,22,28)(H,23,27)(H2,21,25,29);1H3/t21-;14?,16-;/m01./s1. The summed E-state index contributed by atoms with van der Waals surface area (Å²) in [6.45, 7) is 6.98. The van der Waals surface area contributed by atoms with Gasteiger partial charge in [-0.3, -0.25) is 19.2 Å². The minimum atomic E-state index is -0.814. The lowest BCUT2D eigenvalue weighted by Crippen LogP contribution is -2.47. The van der Waals surface area contributed by atoms with Crippen LogP contribution in [-0.2, 0) is 19.2 Å². The van der Waals surface area contributed by atoms with Crippen molar-refractivity contribution in [3.05, 3.63) is 143 Å². The number of nitrogens with zero attached hydrogens (tertiary/aromatic N) is 1. The first-order valence-corrected chi connectivity index (χ1v) is 18.0. The van der Waals surface area contributed by atoms with Gasteiger partial charge >= 0.3 is 6.03 Å². The van der Waals surface area contributed by atoms with Crippen molar-refractivity contribution in [3.63, 3.8) is 0 Å². The summed E-state index contributed by atoms with van der Waals surface area (Å²) in [5, 5.41) is 14.2. The van der Waals surface area contributed by atoms with Crippen molar-refractivity contribution in [2.75, 3.05) is 13.6 Å². The Hall–Kier alpha value is -5.75. The zero-order valence-electron chi connectivity index (χ0n) is 32.7. The number of ketones is 1. The molecular weight excluding hydrogens is 727 g/mol. The Balaban J connectivity index is 0.000000381. The highest BCUT2D eigenvalue weighted by molar-refractivity contribution is 6.92. The molecule has 0 spiro atoms. The van der Waals surface area contributed by atoms with Crippen molar-refractivity contribution >= 4 is 45.1 Å².